The minimum absolute atomic E-state index is 0.404. The molecule has 4 rings (SSSR count). The van der Waals surface area contributed by atoms with Gasteiger partial charge < -0.3 is 15.0 Å². The van der Waals surface area contributed by atoms with Crippen LogP contribution in [0.15, 0.2) is 54.9 Å². The van der Waals surface area contributed by atoms with Crippen molar-refractivity contribution >= 4 is 5.69 Å². The van der Waals surface area contributed by atoms with E-state index in [1.165, 1.54) is 0 Å². The number of aromatic amines is 1. The van der Waals surface area contributed by atoms with Gasteiger partial charge in [-0.15, -0.1) is 0 Å². The Hall–Kier alpha value is -3.30. The fraction of sp³-hybridized carbons (Fsp3) is 0.360. The summed E-state index contributed by atoms with van der Waals surface area (Å²) in [6.07, 6.45) is 4.70. The average Bonchev–Trinajstić information content (AvgIpc) is 3.32. The first kappa shape index (κ1) is 21.0. The predicted octanol–water partition coefficient (Wildman–Crippen LogP) is 4.35. The molecule has 160 valence electrons. The molecule has 0 amide bonds. The zero-order chi connectivity index (χ0) is 21.6. The molecule has 6 nitrogen and oxygen atoms in total. The second kappa shape index (κ2) is 9.67. The third-order valence-electron chi connectivity index (χ3n) is 5.63. The van der Waals surface area contributed by atoms with Crippen molar-refractivity contribution in [2.75, 3.05) is 24.5 Å². The molecule has 2 aromatic carbocycles. The molecule has 0 saturated carbocycles. The molecule has 1 aliphatic heterocycles. The summed E-state index contributed by atoms with van der Waals surface area (Å²) in [6, 6.07) is 17.0. The van der Waals surface area contributed by atoms with E-state index in [1.807, 2.05) is 48.7 Å². The van der Waals surface area contributed by atoms with Crippen LogP contribution in [0.25, 0.3) is 11.1 Å². The van der Waals surface area contributed by atoms with Crippen LogP contribution < -0.4 is 15.0 Å². The summed E-state index contributed by atoms with van der Waals surface area (Å²) in [5, 5.41) is 20.7. The third kappa shape index (κ3) is 4.89. The molecule has 3 aromatic rings. The summed E-state index contributed by atoms with van der Waals surface area (Å²) in [6.45, 7) is 7.56. The van der Waals surface area contributed by atoms with E-state index >= 15 is 0 Å². The van der Waals surface area contributed by atoms with Crippen molar-refractivity contribution in [1.82, 2.24) is 15.5 Å². The van der Waals surface area contributed by atoms with Gasteiger partial charge in [-0.3, -0.25) is 5.10 Å². The Morgan fingerprint density at radius 1 is 1.23 bits per heavy atom. The van der Waals surface area contributed by atoms with E-state index < -0.39 is 0 Å². The number of benzene rings is 2. The minimum atomic E-state index is 0.404. The van der Waals surface area contributed by atoms with Gasteiger partial charge in [-0.25, -0.2) is 0 Å². The van der Waals surface area contributed by atoms with Gasteiger partial charge in [-0.2, -0.15) is 10.4 Å². The first-order chi connectivity index (χ1) is 15.2. The third-order valence-corrected chi connectivity index (χ3v) is 5.63. The zero-order valence-corrected chi connectivity index (χ0v) is 18.1. The molecule has 6 heteroatoms. The molecular formula is C25H29N5O. The first-order valence-electron chi connectivity index (χ1n) is 10.9. The maximum absolute atomic E-state index is 10.2. The fourth-order valence-corrected chi connectivity index (χ4v) is 4.22. The summed E-state index contributed by atoms with van der Waals surface area (Å²) in [4.78, 5) is 2.32. The Labute approximate surface area is 183 Å². The standard InChI is InChI=1S/C25H29N5O/c1-18(2)12-21-16-30(11-10-27-21)24-9-8-22(20-14-28-29-15-20)25(23(24)13-26)31-17-19-6-4-3-5-7-19/h3-9,14-15,18,21,27H,10-12,16-17H2,1-2H3,(H,28,29). The average molecular weight is 416 g/mol. The minimum Gasteiger partial charge on any atom is -0.487 e. The van der Waals surface area contributed by atoms with Crippen molar-refractivity contribution in [1.29, 1.82) is 5.26 Å². The Morgan fingerprint density at radius 2 is 2.06 bits per heavy atom. The largest absolute Gasteiger partial charge is 0.487 e. The number of rotatable bonds is 7. The summed E-state index contributed by atoms with van der Waals surface area (Å²) in [5.74, 6) is 1.24. The molecule has 2 N–H and O–H groups in total. The normalized spacial score (nSPS) is 16.3. The number of ether oxygens (including phenoxy) is 1. The van der Waals surface area contributed by atoms with Crippen LogP contribution in [0.4, 0.5) is 5.69 Å². The summed E-state index contributed by atoms with van der Waals surface area (Å²) < 4.78 is 6.29. The van der Waals surface area contributed by atoms with Crippen LogP contribution in [0.3, 0.4) is 0 Å². The van der Waals surface area contributed by atoms with Gasteiger partial charge >= 0.3 is 0 Å². The maximum atomic E-state index is 10.2. The highest BCUT2D eigenvalue weighted by molar-refractivity contribution is 5.79. The van der Waals surface area contributed by atoms with E-state index in [2.05, 4.69) is 40.3 Å². The van der Waals surface area contributed by atoms with Gasteiger partial charge in [-0.05, 0) is 30.0 Å². The highest BCUT2D eigenvalue weighted by Gasteiger charge is 2.25. The maximum Gasteiger partial charge on any atom is 0.147 e. The summed E-state index contributed by atoms with van der Waals surface area (Å²) in [7, 11) is 0. The van der Waals surface area contributed by atoms with Gasteiger partial charge in [0.2, 0.25) is 0 Å². The van der Waals surface area contributed by atoms with Gasteiger partial charge in [0.05, 0.1) is 11.9 Å². The number of H-pyrrole nitrogens is 1. The fourth-order valence-electron chi connectivity index (χ4n) is 4.22. The SMILES string of the molecule is CC(C)CC1CN(c2ccc(-c3cn[nH]c3)c(OCc3ccccc3)c2C#N)CCN1. The van der Waals surface area contributed by atoms with Crippen LogP contribution in [0.1, 0.15) is 31.4 Å². The van der Waals surface area contributed by atoms with Crippen LogP contribution in [0.2, 0.25) is 0 Å². The molecule has 1 aromatic heterocycles. The Kier molecular flexibility index (Phi) is 6.54. The highest BCUT2D eigenvalue weighted by Crippen LogP contribution is 2.39. The van der Waals surface area contributed by atoms with E-state index in [9.17, 15) is 5.26 Å². The second-order valence-corrected chi connectivity index (χ2v) is 8.44. The highest BCUT2D eigenvalue weighted by atomic mass is 16.5. The summed E-state index contributed by atoms with van der Waals surface area (Å²) in [5.41, 5.74) is 4.37. The molecule has 1 aliphatic rings. The van der Waals surface area contributed by atoms with Crippen molar-refractivity contribution < 1.29 is 4.74 Å². The van der Waals surface area contributed by atoms with E-state index in [0.29, 0.717) is 29.9 Å². The van der Waals surface area contributed by atoms with Crippen LogP contribution >= 0.6 is 0 Å². The van der Waals surface area contributed by atoms with Gasteiger partial charge in [0.1, 0.15) is 24.0 Å². The van der Waals surface area contributed by atoms with Crippen molar-refractivity contribution in [3.63, 3.8) is 0 Å². The van der Waals surface area contributed by atoms with Crippen molar-refractivity contribution in [3.05, 3.63) is 66.0 Å². The molecule has 0 bridgehead atoms. The lowest BCUT2D eigenvalue weighted by Crippen LogP contribution is -2.51. The molecule has 1 saturated heterocycles. The lowest BCUT2D eigenvalue weighted by molar-refractivity contribution is 0.306. The quantitative estimate of drug-likeness (QED) is 0.600. The Morgan fingerprint density at radius 3 is 2.77 bits per heavy atom. The lowest BCUT2D eigenvalue weighted by Gasteiger charge is -2.36. The number of anilines is 1. The van der Waals surface area contributed by atoms with E-state index in [-0.39, 0.29) is 0 Å². The van der Waals surface area contributed by atoms with Crippen molar-refractivity contribution in [2.45, 2.75) is 32.9 Å². The number of nitrogens with one attached hydrogen (secondary N) is 2. The van der Waals surface area contributed by atoms with Crippen LogP contribution in [-0.4, -0.2) is 35.9 Å². The number of hydrogen-bond donors (Lipinski definition) is 2. The molecule has 2 heterocycles. The van der Waals surface area contributed by atoms with Crippen LogP contribution in [0, 0.1) is 17.2 Å². The lowest BCUT2D eigenvalue weighted by atomic mass is 9.99. The van der Waals surface area contributed by atoms with Gasteiger partial charge in [0, 0.05) is 43.0 Å². The van der Waals surface area contributed by atoms with Gasteiger partial charge in [-0.1, -0.05) is 44.2 Å². The molecule has 1 fully saturated rings. The van der Waals surface area contributed by atoms with E-state index in [4.69, 9.17) is 4.74 Å². The van der Waals surface area contributed by atoms with Crippen LogP contribution in [-0.2, 0) is 6.61 Å². The van der Waals surface area contributed by atoms with Crippen LogP contribution in [0.5, 0.6) is 5.75 Å². The Bertz CT molecular complexity index is 1020. The molecule has 0 spiro atoms. The number of aromatic nitrogens is 2. The van der Waals surface area contributed by atoms with Crippen molar-refractivity contribution in [2.24, 2.45) is 5.92 Å². The summed E-state index contributed by atoms with van der Waals surface area (Å²) >= 11 is 0. The molecular weight excluding hydrogens is 386 g/mol. The molecule has 1 unspecified atom stereocenters. The first-order valence-corrected chi connectivity index (χ1v) is 10.9. The predicted molar refractivity (Wildman–Crippen MR) is 123 cm³/mol. The van der Waals surface area contributed by atoms with Gasteiger partial charge in [0.15, 0.2) is 0 Å². The second-order valence-electron chi connectivity index (χ2n) is 8.44. The zero-order valence-electron chi connectivity index (χ0n) is 18.1. The number of nitrogens with zero attached hydrogens (tertiary/aromatic N) is 3. The molecule has 0 radical (unpaired) electrons. The molecule has 1 atom stereocenters. The number of hydrogen-bond acceptors (Lipinski definition) is 5. The van der Waals surface area contributed by atoms with Crippen molar-refractivity contribution in [3.8, 4) is 22.9 Å². The Balaban J connectivity index is 1.69. The molecule has 31 heavy (non-hydrogen) atoms. The monoisotopic (exact) mass is 415 g/mol. The number of nitriles is 1. The van der Waals surface area contributed by atoms with E-state index in [0.717, 1.165) is 48.4 Å². The smallest absolute Gasteiger partial charge is 0.147 e. The van der Waals surface area contributed by atoms with Gasteiger partial charge in [0.25, 0.3) is 0 Å². The molecule has 0 aliphatic carbocycles. The van der Waals surface area contributed by atoms with E-state index in [1.54, 1.807) is 6.20 Å². The topological polar surface area (TPSA) is 77.0 Å². The number of piperazine rings is 1.